The molecule has 0 bridgehead atoms. The Bertz CT molecular complexity index is 575. The predicted molar refractivity (Wildman–Crippen MR) is 63.5 cm³/mol. The van der Waals surface area contributed by atoms with E-state index in [9.17, 15) is 4.79 Å². The number of hydrogen-bond acceptors (Lipinski definition) is 4. The first-order valence-electron chi connectivity index (χ1n) is 4.71. The monoisotopic (exact) mass is 293 g/mol. The molecule has 1 aliphatic heterocycles. The van der Waals surface area contributed by atoms with E-state index in [-0.39, 0.29) is 11.5 Å². The first kappa shape index (κ1) is 11.5. The molecular weight excluding hydrogens is 286 g/mol. The SMILES string of the molecule is N#CC1C(C(N)=O)=C(N)Oc2ccc(Br)cc21. The topological polar surface area (TPSA) is 102 Å². The molecule has 86 valence electrons. The summed E-state index contributed by atoms with van der Waals surface area (Å²) < 4.78 is 6.06. The Morgan fingerprint density at radius 1 is 1.53 bits per heavy atom. The average Bonchev–Trinajstić information content (AvgIpc) is 2.27. The molecule has 1 unspecified atom stereocenters. The molecule has 0 aromatic heterocycles. The van der Waals surface area contributed by atoms with Gasteiger partial charge in [0.2, 0.25) is 5.88 Å². The molecule has 0 aliphatic carbocycles. The largest absolute Gasteiger partial charge is 0.441 e. The smallest absolute Gasteiger partial charge is 0.251 e. The van der Waals surface area contributed by atoms with Gasteiger partial charge in [0.1, 0.15) is 11.7 Å². The van der Waals surface area contributed by atoms with Gasteiger partial charge in [-0.3, -0.25) is 4.79 Å². The van der Waals surface area contributed by atoms with Crippen LogP contribution < -0.4 is 16.2 Å². The minimum atomic E-state index is -0.797. The van der Waals surface area contributed by atoms with Crippen LogP contribution in [0.25, 0.3) is 0 Å². The van der Waals surface area contributed by atoms with Crippen molar-refractivity contribution in [3.8, 4) is 11.8 Å². The van der Waals surface area contributed by atoms with Crippen LogP contribution in [0.15, 0.2) is 34.1 Å². The maximum atomic E-state index is 11.3. The summed E-state index contributed by atoms with van der Waals surface area (Å²) in [7, 11) is 0. The standard InChI is InChI=1S/C11H8BrN3O2/c12-5-1-2-8-6(3-5)7(4-13)9(10(14)16)11(15)17-8/h1-3,7H,15H2,(H2,14,16). The zero-order valence-electron chi connectivity index (χ0n) is 8.61. The van der Waals surface area contributed by atoms with Crippen molar-refractivity contribution in [2.24, 2.45) is 11.5 Å². The van der Waals surface area contributed by atoms with E-state index in [4.69, 9.17) is 21.5 Å². The summed E-state index contributed by atoms with van der Waals surface area (Å²) >= 11 is 3.29. The Kier molecular flexibility index (Phi) is 2.77. The molecule has 0 saturated carbocycles. The van der Waals surface area contributed by atoms with Gasteiger partial charge in [0.25, 0.3) is 5.91 Å². The Morgan fingerprint density at radius 3 is 2.82 bits per heavy atom. The molecule has 0 spiro atoms. The molecule has 1 aliphatic rings. The second-order valence-corrected chi connectivity index (χ2v) is 4.40. The zero-order chi connectivity index (χ0) is 12.6. The molecule has 0 fully saturated rings. The molecule has 1 aromatic carbocycles. The fourth-order valence-electron chi connectivity index (χ4n) is 1.71. The fourth-order valence-corrected chi connectivity index (χ4v) is 2.09. The molecule has 4 N–H and O–H groups in total. The van der Waals surface area contributed by atoms with Gasteiger partial charge in [-0.2, -0.15) is 5.26 Å². The maximum absolute atomic E-state index is 11.3. The molecule has 5 nitrogen and oxygen atoms in total. The van der Waals surface area contributed by atoms with Gasteiger partial charge in [-0.1, -0.05) is 15.9 Å². The Labute approximate surface area is 106 Å². The van der Waals surface area contributed by atoms with E-state index < -0.39 is 11.8 Å². The average molecular weight is 294 g/mol. The van der Waals surface area contributed by atoms with Gasteiger partial charge in [-0.05, 0) is 18.2 Å². The molecule has 6 heteroatoms. The highest BCUT2D eigenvalue weighted by atomic mass is 79.9. The van der Waals surface area contributed by atoms with E-state index in [1.807, 2.05) is 6.07 Å². The quantitative estimate of drug-likeness (QED) is 0.809. The van der Waals surface area contributed by atoms with Crippen molar-refractivity contribution < 1.29 is 9.53 Å². The minimum absolute atomic E-state index is 0.00176. The van der Waals surface area contributed by atoms with Crippen LogP contribution in [0.5, 0.6) is 5.75 Å². The highest BCUT2D eigenvalue weighted by Gasteiger charge is 2.32. The molecule has 1 amide bonds. The third-order valence-corrected chi connectivity index (χ3v) is 2.94. The Balaban J connectivity index is 2.63. The van der Waals surface area contributed by atoms with E-state index >= 15 is 0 Å². The van der Waals surface area contributed by atoms with Crippen LogP contribution in [-0.4, -0.2) is 5.91 Å². The summed E-state index contributed by atoms with van der Waals surface area (Å²) in [5, 5.41) is 9.15. The van der Waals surface area contributed by atoms with E-state index in [0.29, 0.717) is 11.3 Å². The van der Waals surface area contributed by atoms with Gasteiger partial charge < -0.3 is 16.2 Å². The number of nitrogens with zero attached hydrogens (tertiary/aromatic N) is 1. The number of amides is 1. The third-order valence-electron chi connectivity index (χ3n) is 2.45. The van der Waals surface area contributed by atoms with E-state index in [2.05, 4.69) is 15.9 Å². The van der Waals surface area contributed by atoms with Gasteiger partial charge in [-0.25, -0.2) is 0 Å². The van der Waals surface area contributed by atoms with Crippen molar-refractivity contribution >= 4 is 21.8 Å². The van der Waals surface area contributed by atoms with Gasteiger partial charge >= 0.3 is 0 Å². The van der Waals surface area contributed by atoms with Crippen molar-refractivity contribution in [2.45, 2.75) is 5.92 Å². The lowest BCUT2D eigenvalue weighted by Crippen LogP contribution is -2.28. The maximum Gasteiger partial charge on any atom is 0.251 e. The summed E-state index contributed by atoms with van der Waals surface area (Å²) in [4.78, 5) is 11.3. The number of halogens is 1. The molecule has 1 heterocycles. The number of nitriles is 1. The van der Waals surface area contributed by atoms with Gasteiger partial charge in [0.05, 0.1) is 11.6 Å². The Hall–Kier alpha value is -2.00. The summed E-state index contributed by atoms with van der Waals surface area (Å²) in [6.07, 6.45) is 0. The lowest BCUT2D eigenvalue weighted by Gasteiger charge is -2.23. The highest BCUT2D eigenvalue weighted by molar-refractivity contribution is 9.10. The van der Waals surface area contributed by atoms with Crippen LogP contribution >= 0.6 is 15.9 Å². The van der Waals surface area contributed by atoms with Gasteiger partial charge in [0, 0.05) is 10.0 Å². The molecule has 0 saturated heterocycles. The normalized spacial score (nSPS) is 18.0. The highest BCUT2D eigenvalue weighted by Crippen LogP contribution is 2.38. The fraction of sp³-hybridized carbons (Fsp3) is 0.0909. The van der Waals surface area contributed by atoms with Crippen molar-refractivity contribution in [3.63, 3.8) is 0 Å². The third kappa shape index (κ3) is 1.85. The van der Waals surface area contributed by atoms with Crippen LogP contribution in [0.3, 0.4) is 0 Å². The van der Waals surface area contributed by atoms with Crippen molar-refractivity contribution in [1.82, 2.24) is 0 Å². The number of carbonyl (C=O) groups excluding carboxylic acids is 1. The predicted octanol–water partition coefficient (Wildman–Crippen LogP) is 1.10. The van der Waals surface area contributed by atoms with E-state index in [1.54, 1.807) is 18.2 Å². The lowest BCUT2D eigenvalue weighted by molar-refractivity contribution is -0.115. The van der Waals surface area contributed by atoms with Gasteiger partial charge in [-0.15, -0.1) is 0 Å². The van der Waals surface area contributed by atoms with Crippen LogP contribution in [-0.2, 0) is 4.79 Å². The number of fused-ring (bicyclic) bond motifs is 1. The zero-order valence-corrected chi connectivity index (χ0v) is 10.2. The van der Waals surface area contributed by atoms with Crippen LogP contribution in [0, 0.1) is 11.3 Å². The summed E-state index contributed by atoms with van der Waals surface area (Å²) in [6, 6.07) is 7.15. The van der Waals surface area contributed by atoms with Crippen molar-refractivity contribution in [1.29, 1.82) is 5.26 Å². The second kappa shape index (κ2) is 4.11. The molecule has 0 radical (unpaired) electrons. The number of benzene rings is 1. The Morgan fingerprint density at radius 2 is 2.24 bits per heavy atom. The minimum Gasteiger partial charge on any atom is -0.441 e. The number of hydrogen-bond donors (Lipinski definition) is 2. The first-order valence-corrected chi connectivity index (χ1v) is 5.50. The van der Waals surface area contributed by atoms with E-state index in [1.165, 1.54) is 0 Å². The molecule has 1 aromatic rings. The van der Waals surface area contributed by atoms with Crippen LogP contribution in [0.2, 0.25) is 0 Å². The van der Waals surface area contributed by atoms with Gasteiger partial charge in [0.15, 0.2) is 0 Å². The summed E-state index contributed by atoms with van der Waals surface area (Å²) in [5.41, 5.74) is 11.4. The summed E-state index contributed by atoms with van der Waals surface area (Å²) in [5.74, 6) is -1.20. The van der Waals surface area contributed by atoms with E-state index in [0.717, 1.165) is 4.47 Å². The number of ether oxygens (including phenoxy) is 1. The number of carbonyl (C=O) groups is 1. The molecular formula is C11H8BrN3O2. The molecule has 17 heavy (non-hydrogen) atoms. The summed E-state index contributed by atoms with van der Waals surface area (Å²) in [6.45, 7) is 0. The lowest BCUT2D eigenvalue weighted by atomic mass is 9.90. The molecule has 2 rings (SSSR count). The van der Waals surface area contributed by atoms with Crippen LogP contribution in [0.1, 0.15) is 11.5 Å². The second-order valence-electron chi connectivity index (χ2n) is 3.49. The first-order chi connectivity index (χ1) is 8.04. The number of nitrogens with two attached hydrogens (primary N) is 2. The number of primary amides is 1. The number of rotatable bonds is 1. The molecule has 1 atom stereocenters. The van der Waals surface area contributed by atoms with Crippen molar-refractivity contribution in [2.75, 3.05) is 0 Å². The van der Waals surface area contributed by atoms with Crippen LogP contribution in [0.4, 0.5) is 0 Å². The van der Waals surface area contributed by atoms with Crippen molar-refractivity contribution in [3.05, 3.63) is 39.7 Å².